The minimum Gasteiger partial charge on any atom is -0.872 e. The van der Waals surface area contributed by atoms with Crippen LogP contribution in [-0.4, -0.2) is 23.4 Å². The highest BCUT2D eigenvalue weighted by Gasteiger charge is 2.33. The lowest BCUT2D eigenvalue weighted by molar-refractivity contribution is -0.925. The Labute approximate surface area is 188 Å². The Kier molecular flexibility index (Phi) is 5.30. The number of hydrogen-bond donors (Lipinski definition) is 1. The van der Waals surface area contributed by atoms with Crippen molar-refractivity contribution < 1.29 is 19.5 Å². The number of benzene rings is 2. The molecule has 0 saturated carbocycles. The number of nitrogens with one attached hydrogen (secondary N) is 1. The van der Waals surface area contributed by atoms with E-state index in [0.717, 1.165) is 36.1 Å². The first kappa shape index (κ1) is 20.8. The molecule has 32 heavy (non-hydrogen) atoms. The van der Waals surface area contributed by atoms with Crippen LogP contribution < -0.4 is 14.7 Å². The molecule has 1 fully saturated rings. The molecule has 2 unspecified atom stereocenters. The number of carbonyl (C=O) groups is 1. The molecule has 3 heterocycles. The molecule has 0 radical (unpaired) electrons. The van der Waals surface area contributed by atoms with Crippen LogP contribution in [0.3, 0.4) is 0 Å². The molecule has 5 nitrogen and oxygen atoms in total. The Morgan fingerprint density at radius 2 is 1.91 bits per heavy atom. The third-order valence-corrected chi connectivity index (χ3v) is 6.85. The standard InChI is InChI=1S/C27H30N2O3/c1-4-29-15-19(20-7-5-6-8-23(20)29)12-25-26(31)21-9-10-24(30)22(27(21)32-25)16-28-13-17(2)11-18(3)14-28/h5-10,12,15,17-18,30H,4,11,13-14,16H2,1-3H3/b25-12+. The number of piperidine rings is 1. The summed E-state index contributed by atoms with van der Waals surface area (Å²) in [6, 6.07) is 11.3. The third-order valence-electron chi connectivity index (χ3n) is 6.85. The van der Waals surface area contributed by atoms with Crippen LogP contribution in [0.15, 0.2) is 48.4 Å². The lowest BCUT2D eigenvalue weighted by Crippen LogP contribution is -3.13. The first-order valence-corrected chi connectivity index (χ1v) is 11.6. The predicted molar refractivity (Wildman–Crippen MR) is 124 cm³/mol. The molecule has 0 spiro atoms. The van der Waals surface area contributed by atoms with Gasteiger partial charge in [-0.25, -0.2) is 0 Å². The van der Waals surface area contributed by atoms with Gasteiger partial charge in [0.1, 0.15) is 12.3 Å². The summed E-state index contributed by atoms with van der Waals surface area (Å²) < 4.78 is 8.28. The highest BCUT2D eigenvalue weighted by molar-refractivity contribution is 6.15. The monoisotopic (exact) mass is 430 g/mol. The van der Waals surface area contributed by atoms with Crippen molar-refractivity contribution in [2.45, 2.75) is 40.3 Å². The number of para-hydroxylation sites is 1. The van der Waals surface area contributed by atoms with Crippen molar-refractivity contribution in [3.05, 3.63) is 65.0 Å². The maximum absolute atomic E-state index is 13.2. The number of aryl methyl sites for hydroxylation is 1. The molecule has 0 aliphatic carbocycles. The lowest BCUT2D eigenvalue weighted by atomic mass is 9.91. The number of quaternary nitrogens is 1. The Bertz CT molecular complexity index is 1210. The lowest BCUT2D eigenvalue weighted by Gasteiger charge is -2.33. The molecule has 2 aliphatic rings. The summed E-state index contributed by atoms with van der Waals surface area (Å²) in [5.74, 6) is 1.83. The molecule has 2 atom stereocenters. The maximum atomic E-state index is 13.2. The molecular formula is C27H30N2O3. The van der Waals surface area contributed by atoms with Crippen LogP contribution in [-0.2, 0) is 13.1 Å². The van der Waals surface area contributed by atoms with Gasteiger partial charge in [0.15, 0.2) is 5.76 Å². The van der Waals surface area contributed by atoms with Crippen LogP contribution in [0.25, 0.3) is 17.0 Å². The number of Topliss-reactive ketones (excluding diaryl/α,β-unsaturated/α-hetero) is 1. The topological polar surface area (TPSA) is 58.7 Å². The minimum absolute atomic E-state index is 0.0428. The number of nitrogens with zero attached hydrogens (tertiary/aromatic N) is 1. The number of ether oxygens (including phenoxy) is 1. The van der Waals surface area contributed by atoms with E-state index in [0.29, 0.717) is 41.0 Å². The highest BCUT2D eigenvalue weighted by Crippen LogP contribution is 2.39. The first-order chi connectivity index (χ1) is 15.4. The summed E-state index contributed by atoms with van der Waals surface area (Å²) >= 11 is 0. The average molecular weight is 431 g/mol. The van der Waals surface area contributed by atoms with E-state index in [1.54, 1.807) is 6.07 Å². The molecule has 0 bridgehead atoms. The van der Waals surface area contributed by atoms with E-state index in [1.807, 2.05) is 18.2 Å². The zero-order valence-electron chi connectivity index (χ0n) is 19.0. The second-order valence-corrected chi connectivity index (χ2v) is 9.53. The van der Waals surface area contributed by atoms with Gasteiger partial charge < -0.3 is 19.3 Å². The second-order valence-electron chi connectivity index (χ2n) is 9.53. The van der Waals surface area contributed by atoms with Crippen molar-refractivity contribution in [2.24, 2.45) is 11.8 Å². The predicted octanol–water partition coefficient (Wildman–Crippen LogP) is 3.41. The number of carbonyl (C=O) groups excluding carboxylic acids is 1. The van der Waals surface area contributed by atoms with Crippen LogP contribution in [0, 0.1) is 11.8 Å². The highest BCUT2D eigenvalue weighted by atomic mass is 16.5. The summed E-state index contributed by atoms with van der Waals surface area (Å²) in [6.07, 6.45) is 5.11. The number of rotatable bonds is 4. The van der Waals surface area contributed by atoms with Gasteiger partial charge in [-0.05, 0) is 31.6 Å². The van der Waals surface area contributed by atoms with Gasteiger partial charge in [0.2, 0.25) is 5.78 Å². The molecule has 3 aromatic rings. The normalized spacial score (nSPS) is 24.2. The third kappa shape index (κ3) is 3.61. The summed E-state index contributed by atoms with van der Waals surface area (Å²) in [6.45, 7) is 10.2. The number of allylic oxidation sites excluding steroid dienone is 1. The van der Waals surface area contributed by atoms with Crippen LogP contribution in [0.1, 0.15) is 48.7 Å². The van der Waals surface area contributed by atoms with Gasteiger partial charge in [0, 0.05) is 46.6 Å². The number of aromatic nitrogens is 1. The molecule has 166 valence electrons. The number of fused-ring (bicyclic) bond motifs is 2. The van der Waals surface area contributed by atoms with Crippen LogP contribution >= 0.6 is 0 Å². The Morgan fingerprint density at radius 3 is 2.66 bits per heavy atom. The average Bonchev–Trinajstić information content (AvgIpc) is 3.28. The van der Waals surface area contributed by atoms with Crippen LogP contribution in [0.5, 0.6) is 11.5 Å². The van der Waals surface area contributed by atoms with Crippen LogP contribution in [0.4, 0.5) is 0 Å². The van der Waals surface area contributed by atoms with Crippen molar-refractivity contribution >= 4 is 22.8 Å². The largest absolute Gasteiger partial charge is 0.872 e. The summed E-state index contributed by atoms with van der Waals surface area (Å²) in [5, 5.41) is 13.9. The van der Waals surface area contributed by atoms with E-state index >= 15 is 0 Å². The minimum atomic E-state index is -0.148. The summed E-state index contributed by atoms with van der Waals surface area (Å²) in [4.78, 5) is 14.6. The quantitative estimate of drug-likeness (QED) is 0.646. The second kappa shape index (κ2) is 8.14. The summed E-state index contributed by atoms with van der Waals surface area (Å²) in [7, 11) is 0. The fraction of sp³-hybridized carbons (Fsp3) is 0.370. The zero-order chi connectivity index (χ0) is 22.4. The van der Waals surface area contributed by atoms with Crippen LogP contribution in [0.2, 0.25) is 0 Å². The smallest absolute Gasteiger partial charge is 0.231 e. The molecule has 0 amide bonds. The fourth-order valence-electron chi connectivity index (χ4n) is 5.57. The van der Waals surface area contributed by atoms with E-state index in [4.69, 9.17) is 4.74 Å². The molecule has 5 heteroatoms. The van der Waals surface area contributed by atoms with Gasteiger partial charge in [-0.15, -0.1) is 0 Å². The van der Waals surface area contributed by atoms with Gasteiger partial charge in [-0.3, -0.25) is 4.79 Å². The Hall–Kier alpha value is -3.05. The Balaban J connectivity index is 1.50. The van der Waals surface area contributed by atoms with Crippen molar-refractivity contribution in [3.8, 4) is 11.5 Å². The molecule has 5 rings (SSSR count). The maximum Gasteiger partial charge on any atom is 0.231 e. The van der Waals surface area contributed by atoms with Gasteiger partial charge in [-0.2, -0.15) is 0 Å². The van der Waals surface area contributed by atoms with E-state index in [2.05, 4.69) is 43.7 Å². The fourth-order valence-corrected chi connectivity index (χ4v) is 5.57. The molecule has 1 N–H and O–H groups in total. The molecular weight excluding hydrogens is 400 g/mol. The molecule has 1 aromatic heterocycles. The first-order valence-electron chi connectivity index (χ1n) is 11.6. The summed E-state index contributed by atoms with van der Waals surface area (Å²) in [5.41, 5.74) is 3.21. The van der Waals surface area contributed by atoms with Crippen molar-refractivity contribution in [1.82, 2.24) is 4.57 Å². The van der Waals surface area contributed by atoms with Crippen molar-refractivity contribution in [2.75, 3.05) is 13.1 Å². The van der Waals surface area contributed by atoms with E-state index < -0.39 is 0 Å². The van der Waals surface area contributed by atoms with E-state index in [9.17, 15) is 9.90 Å². The SMILES string of the molecule is CCn1cc(/C=C2/Oc3c(ccc([O-])c3C[NH+]3CC(C)CC(C)C3)C2=O)c2ccccc21. The van der Waals surface area contributed by atoms with Gasteiger partial charge in [0.25, 0.3) is 0 Å². The Morgan fingerprint density at radius 1 is 1.16 bits per heavy atom. The zero-order valence-corrected chi connectivity index (χ0v) is 19.0. The molecule has 1 saturated heterocycles. The van der Waals surface area contributed by atoms with Gasteiger partial charge in [-0.1, -0.05) is 43.9 Å². The molecule has 2 aromatic carbocycles. The van der Waals surface area contributed by atoms with E-state index in [-0.39, 0.29) is 11.5 Å². The molecule has 2 aliphatic heterocycles. The number of ketones is 1. The number of likely N-dealkylation sites (tertiary alicyclic amines) is 1. The van der Waals surface area contributed by atoms with Gasteiger partial charge in [0.05, 0.1) is 18.7 Å². The van der Waals surface area contributed by atoms with E-state index in [1.165, 1.54) is 17.4 Å². The van der Waals surface area contributed by atoms with Crippen molar-refractivity contribution in [1.29, 1.82) is 0 Å². The number of hydrogen-bond acceptors (Lipinski definition) is 3. The van der Waals surface area contributed by atoms with Gasteiger partial charge >= 0.3 is 0 Å². The van der Waals surface area contributed by atoms with Crippen molar-refractivity contribution in [3.63, 3.8) is 0 Å².